The lowest BCUT2D eigenvalue weighted by molar-refractivity contribution is 0.669. The topological polar surface area (TPSA) is 51.8 Å². The van der Waals surface area contributed by atoms with Gasteiger partial charge in [-0.2, -0.15) is 0 Å². The number of para-hydroxylation sites is 1. The zero-order valence-corrected chi connectivity index (χ0v) is 30.8. The Bertz CT molecular complexity index is 3290. The van der Waals surface area contributed by atoms with Crippen LogP contribution >= 0.6 is 0 Å². The number of aromatic nitrogens is 3. The smallest absolute Gasteiger partial charge is 0.164 e. The summed E-state index contributed by atoms with van der Waals surface area (Å²) < 4.78 is 6.57. The summed E-state index contributed by atoms with van der Waals surface area (Å²) in [5, 5.41) is 6.78. The molecule has 0 N–H and O–H groups in total. The van der Waals surface area contributed by atoms with Crippen LogP contribution in [0.25, 0.3) is 111 Å². The van der Waals surface area contributed by atoms with E-state index in [9.17, 15) is 0 Å². The summed E-state index contributed by atoms with van der Waals surface area (Å²) in [6, 6.07) is 70.0. The average molecular weight is 728 g/mol. The average Bonchev–Trinajstić information content (AvgIpc) is 3.67. The van der Waals surface area contributed by atoms with E-state index in [1.807, 2.05) is 30.3 Å². The first-order valence-corrected chi connectivity index (χ1v) is 19.2. The summed E-state index contributed by atoms with van der Waals surface area (Å²) in [6.07, 6.45) is 0. The van der Waals surface area contributed by atoms with Gasteiger partial charge in [-0.3, -0.25) is 0 Å². The summed E-state index contributed by atoms with van der Waals surface area (Å²) in [4.78, 5) is 15.8. The highest BCUT2D eigenvalue weighted by Crippen LogP contribution is 2.42. The van der Waals surface area contributed by atoms with E-state index in [-0.39, 0.29) is 0 Å². The molecule has 0 unspecified atom stereocenters. The second kappa shape index (κ2) is 13.6. The summed E-state index contributed by atoms with van der Waals surface area (Å²) >= 11 is 0. The number of furan rings is 1. The maximum Gasteiger partial charge on any atom is 0.164 e. The van der Waals surface area contributed by atoms with Crippen LogP contribution in [0.3, 0.4) is 0 Å². The molecule has 0 aliphatic heterocycles. The Hall–Kier alpha value is -7.69. The van der Waals surface area contributed by atoms with Crippen molar-refractivity contribution >= 4 is 43.5 Å². The lowest BCUT2D eigenvalue weighted by Gasteiger charge is -2.15. The van der Waals surface area contributed by atoms with Gasteiger partial charge in [0.15, 0.2) is 17.5 Å². The second-order valence-corrected chi connectivity index (χ2v) is 14.4. The SMILES string of the molecule is c1ccc(-c2nc(-c3ccc(-c4cccc5ccccc45)c(-c4ccccc4)c3)nc(-c3cc(-c4ccc5ccccc5c4)cc4oc5ccccc5c34)n2)cc1. The molecular formula is C53H33N3O. The highest BCUT2D eigenvalue weighted by molar-refractivity contribution is 6.13. The van der Waals surface area contributed by atoms with Crippen LogP contribution < -0.4 is 0 Å². The normalized spacial score (nSPS) is 11.5. The van der Waals surface area contributed by atoms with Crippen LogP contribution in [0.4, 0.5) is 0 Å². The van der Waals surface area contributed by atoms with Crippen LogP contribution in [0, 0.1) is 0 Å². The van der Waals surface area contributed by atoms with Gasteiger partial charge in [0.2, 0.25) is 0 Å². The highest BCUT2D eigenvalue weighted by Gasteiger charge is 2.21. The third-order valence-corrected chi connectivity index (χ3v) is 10.9. The van der Waals surface area contributed by atoms with Crippen LogP contribution in [-0.4, -0.2) is 15.0 Å². The fourth-order valence-corrected chi connectivity index (χ4v) is 8.14. The van der Waals surface area contributed by atoms with Crippen molar-refractivity contribution in [3.05, 3.63) is 200 Å². The molecule has 2 heterocycles. The molecule has 57 heavy (non-hydrogen) atoms. The van der Waals surface area contributed by atoms with Crippen molar-refractivity contribution in [1.82, 2.24) is 15.0 Å². The molecule has 0 saturated carbocycles. The quantitative estimate of drug-likeness (QED) is 0.171. The van der Waals surface area contributed by atoms with Crippen molar-refractivity contribution in [2.24, 2.45) is 0 Å². The molecule has 0 spiro atoms. The molecule has 0 radical (unpaired) electrons. The van der Waals surface area contributed by atoms with E-state index in [4.69, 9.17) is 19.4 Å². The molecule has 0 fully saturated rings. The Morgan fingerprint density at radius 1 is 0.281 bits per heavy atom. The standard InChI is InChI=1S/C53H33N3O/c1-3-15-36(16-4-1)46-31-40(28-29-44(46)43-24-13-21-35-17-9-10-22-42(35)43)52-54-51(37-18-5-2-6-19-37)55-53(56-52)47-32-41(39-27-26-34-14-7-8-20-38(34)30-39)33-49-50(47)45-23-11-12-25-48(45)57-49/h1-33H. The molecule has 0 aliphatic rings. The van der Waals surface area contributed by atoms with E-state index in [1.54, 1.807) is 0 Å². The summed E-state index contributed by atoms with van der Waals surface area (Å²) in [5.41, 5.74) is 11.0. The van der Waals surface area contributed by atoms with Gasteiger partial charge in [-0.05, 0) is 85.3 Å². The Balaban J connectivity index is 1.16. The van der Waals surface area contributed by atoms with Gasteiger partial charge in [0.1, 0.15) is 11.2 Å². The molecular weight excluding hydrogens is 695 g/mol. The zero-order chi connectivity index (χ0) is 37.7. The van der Waals surface area contributed by atoms with Crippen LogP contribution in [0.5, 0.6) is 0 Å². The van der Waals surface area contributed by atoms with E-state index in [2.05, 4.69) is 170 Å². The van der Waals surface area contributed by atoms with Crippen molar-refractivity contribution in [2.75, 3.05) is 0 Å². The second-order valence-electron chi connectivity index (χ2n) is 14.4. The minimum absolute atomic E-state index is 0.581. The fourth-order valence-electron chi connectivity index (χ4n) is 8.14. The number of nitrogens with zero attached hydrogens (tertiary/aromatic N) is 3. The molecule has 4 nitrogen and oxygen atoms in total. The molecule has 0 saturated heterocycles. The van der Waals surface area contributed by atoms with Crippen LogP contribution in [-0.2, 0) is 0 Å². The Morgan fingerprint density at radius 2 is 0.895 bits per heavy atom. The summed E-state index contributed by atoms with van der Waals surface area (Å²) in [5.74, 6) is 1.78. The Labute approximate surface area is 329 Å². The van der Waals surface area contributed by atoms with E-state index in [0.29, 0.717) is 17.5 Å². The zero-order valence-electron chi connectivity index (χ0n) is 30.8. The number of hydrogen-bond donors (Lipinski definition) is 0. The molecule has 4 heteroatoms. The fraction of sp³-hybridized carbons (Fsp3) is 0. The molecule has 0 bridgehead atoms. The van der Waals surface area contributed by atoms with Gasteiger partial charge in [0, 0.05) is 27.5 Å². The van der Waals surface area contributed by atoms with Crippen molar-refractivity contribution in [3.8, 4) is 67.5 Å². The minimum Gasteiger partial charge on any atom is -0.456 e. The molecule has 0 aliphatic carbocycles. The molecule has 266 valence electrons. The molecule has 11 rings (SSSR count). The third kappa shape index (κ3) is 5.83. The van der Waals surface area contributed by atoms with Crippen molar-refractivity contribution in [1.29, 1.82) is 0 Å². The van der Waals surface area contributed by atoms with Gasteiger partial charge in [-0.1, -0.05) is 170 Å². The summed E-state index contributed by atoms with van der Waals surface area (Å²) in [7, 11) is 0. The van der Waals surface area contributed by atoms with E-state index in [1.165, 1.54) is 27.1 Å². The largest absolute Gasteiger partial charge is 0.456 e. The van der Waals surface area contributed by atoms with Crippen molar-refractivity contribution in [3.63, 3.8) is 0 Å². The van der Waals surface area contributed by atoms with Crippen molar-refractivity contribution < 1.29 is 4.42 Å². The number of fused-ring (bicyclic) bond motifs is 5. The number of benzene rings is 9. The maximum atomic E-state index is 6.57. The monoisotopic (exact) mass is 727 g/mol. The summed E-state index contributed by atoms with van der Waals surface area (Å²) in [6.45, 7) is 0. The van der Waals surface area contributed by atoms with Gasteiger partial charge in [-0.15, -0.1) is 0 Å². The molecule has 2 aromatic heterocycles. The maximum absolute atomic E-state index is 6.57. The predicted molar refractivity (Wildman–Crippen MR) is 235 cm³/mol. The van der Waals surface area contributed by atoms with E-state index in [0.717, 1.165) is 66.4 Å². The van der Waals surface area contributed by atoms with Gasteiger partial charge >= 0.3 is 0 Å². The van der Waals surface area contributed by atoms with E-state index >= 15 is 0 Å². The van der Waals surface area contributed by atoms with E-state index < -0.39 is 0 Å². The van der Waals surface area contributed by atoms with Gasteiger partial charge < -0.3 is 4.42 Å². The Morgan fingerprint density at radius 3 is 1.72 bits per heavy atom. The predicted octanol–water partition coefficient (Wildman–Crippen LogP) is 14.1. The number of rotatable bonds is 6. The first kappa shape index (κ1) is 32.7. The minimum atomic E-state index is 0.581. The van der Waals surface area contributed by atoms with Crippen LogP contribution in [0.1, 0.15) is 0 Å². The molecule has 11 aromatic rings. The van der Waals surface area contributed by atoms with Gasteiger partial charge in [0.25, 0.3) is 0 Å². The van der Waals surface area contributed by atoms with Crippen LogP contribution in [0.2, 0.25) is 0 Å². The van der Waals surface area contributed by atoms with Crippen molar-refractivity contribution in [2.45, 2.75) is 0 Å². The molecule has 0 atom stereocenters. The first-order chi connectivity index (χ1) is 28.2. The molecule has 0 amide bonds. The third-order valence-electron chi connectivity index (χ3n) is 10.9. The Kier molecular flexibility index (Phi) is 7.78. The van der Waals surface area contributed by atoms with Gasteiger partial charge in [0.05, 0.1) is 0 Å². The lowest BCUT2D eigenvalue weighted by atomic mass is 9.90. The molecule has 9 aromatic carbocycles. The van der Waals surface area contributed by atoms with Crippen LogP contribution in [0.15, 0.2) is 205 Å². The number of hydrogen-bond acceptors (Lipinski definition) is 4. The van der Waals surface area contributed by atoms with Gasteiger partial charge in [-0.25, -0.2) is 15.0 Å². The highest BCUT2D eigenvalue weighted by atomic mass is 16.3. The lowest BCUT2D eigenvalue weighted by Crippen LogP contribution is -2.01. The first-order valence-electron chi connectivity index (χ1n) is 19.2.